The van der Waals surface area contributed by atoms with E-state index in [1.165, 1.54) is 18.2 Å². The fraction of sp³-hybridized carbons (Fsp3) is 0. The average Bonchev–Trinajstić information content (AvgIpc) is 2.63. The largest absolute Gasteiger partial charge is 0.508 e. The third-order valence-electron chi connectivity index (χ3n) is 3.29. The van der Waals surface area contributed by atoms with Gasteiger partial charge in [-0.3, -0.25) is 4.79 Å². The lowest BCUT2D eigenvalue weighted by Crippen LogP contribution is -1.93. The molecule has 25 heavy (non-hydrogen) atoms. The van der Waals surface area contributed by atoms with Crippen molar-refractivity contribution in [2.45, 2.75) is 0 Å². The molecular weight excluding hydrogens is 340 g/mol. The summed E-state index contributed by atoms with van der Waals surface area (Å²) in [6.45, 7) is 0. The zero-order valence-corrected chi connectivity index (χ0v) is 13.7. The van der Waals surface area contributed by atoms with Gasteiger partial charge in [0.05, 0.1) is 0 Å². The zero-order chi connectivity index (χ0) is 17.6. The molecule has 5 nitrogen and oxygen atoms in total. The molecule has 0 radical (unpaired) electrons. The smallest absolute Gasteiger partial charge is 0.238 e. The van der Waals surface area contributed by atoms with E-state index in [-0.39, 0.29) is 11.5 Å². The number of halogens is 1. The summed E-state index contributed by atoms with van der Waals surface area (Å²) in [5.41, 5.74) is 1.36. The Labute approximate surface area is 149 Å². The molecule has 0 fully saturated rings. The molecule has 0 aliphatic heterocycles. The second-order valence-corrected chi connectivity index (χ2v) is 5.50. The van der Waals surface area contributed by atoms with E-state index in [2.05, 4.69) is 10.2 Å². The lowest BCUT2D eigenvalue weighted by molar-refractivity contribution is 0.104. The first-order valence-electron chi connectivity index (χ1n) is 7.39. The maximum atomic E-state index is 12.0. The summed E-state index contributed by atoms with van der Waals surface area (Å²) in [5.74, 6) is 0.923. The molecule has 0 saturated carbocycles. The van der Waals surface area contributed by atoms with Crippen molar-refractivity contribution in [2.75, 3.05) is 0 Å². The number of allylic oxidation sites excluding steroid dienone is 1. The molecule has 6 heteroatoms. The Kier molecular flexibility index (Phi) is 5.06. The van der Waals surface area contributed by atoms with E-state index in [1.807, 2.05) is 12.1 Å². The summed E-state index contributed by atoms with van der Waals surface area (Å²) in [4.78, 5) is 12.0. The standard InChI is InChI=1S/C19H13ClN2O3/c20-18-11-12-19(22-21-18)25-16-8-1-13(2-9-16)3-10-17(24)14-4-6-15(23)7-5-14/h1-12,23H/b10-3+. The number of hydrogen-bond acceptors (Lipinski definition) is 5. The van der Waals surface area contributed by atoms with Crippen LogP contribution in [-0.4, -0.2) is 21.1 Å². The summed E-state index contributed by atoms with van der Waals surface area (Å²) >= 11 is 5.67. The Hall–Kier alpha value is -3.18. The number of nitrogens with zero attached hydrogens (tertiary/aromatic N) is 2. The van der Waals surface area contributed by atoms with E-state index in [9.17, 15) is 9.90 Å². The predicted octanol–water partition coefficient (Wildman–Crippen LogP) is 4.52. The number of ether oxygens (including phenoxy) is 1. The number of ketones is 1. The minimum absolute atomic E-state index is 0.126. The molecule has 0 amide bonds. The molecule has 0 unspecified atom stereocenters. The molecular formula is C19H13ClN2O3. The Morgan fingerprint density at radius 1 is 0.960 bits per heavy atom. The SMILES string of the molecule is O=C(/C=C/c1ccc(Oc2ccc(Cl)nn2)cc1)c1ccc(O)cc1. The quantitative estimate of drug-likeness (QED) is 0.539. The van der Waals surface area contributed by atoms with E-state index in [0.717, 1.165) is 5.56 Å². The minimum atomic E-state index is -0.142. The van der Waals surface area contributed by atoms with Crippen LogP contribution in [0.15, 0.2) is 66.7 Å². The van der Waals surface area contributed by atoms with Crippen LogP contribution in [0.3, 0.4) is 0 Å². The number of carbonyl (C=O) groups excluding carboxylic acids is 1. The topological polar surface area (TPSA) is 72.3 Å². The van der Waals surface area contributed by atoms with Crippen LogP contribution in [0.4, 0.5) is 0 Å². The third kappa shape index (κ3) is 4.65. The van der Waals surface area contributed by atoms with Crippen molar-refractivity contribution in [3.8, 4) is 17.4 Å². The van der Waals surface area contributed by atoms with Gasteiger partial charge in [-0.1, -0.05) is 29.8 Å². The molecule has 2 aromatic carbocycles. The molecule has 1 aromatic heterocycles. The van der Waals surface area contributed by atoms with Crippen molar-refractivity contribution in [2.24, 2.45) is 0 Å². The maximum Gasteiger partial charge on any atom is 0.238 e. The number of phenolic OH excluding ortho intramolecular Hbond substituents is 1. The summed E-state index contributed by atoms with van der Waals surface area (Å²) in [7, 11) is 0. The Morgan fingerprint density at radius 2 is 1.68 bits per heavy atom. The normalized spacial score (nSPS) is 10.8. The van der Waals surface area contributed by atoms with Crippen LogP contribution >= 0.6 is 11.6 Å². The molecule has 0 atom stereocenters. The van der Waals surface area contributed by atoms with Gasteiger partial charge >= 0.3 is 0 Å². The van der Waals surface area contributed by atoms with E-state index in [4.69, 9.17) is 16.3 Å². The van der Waals surface area contributed by atoms with Crippen LogP contribution in [0.25, 0.3) is 6.08 Å². The van der Waals surface area contributed by atoms with Gasteiger partial charge in [0.15, 0.2) is 10.9 Å². The van der Waals surface area contributed by atoms with Crippen LogP contribution in [0.5, 0.6) is 17.4 Å². The van der Waals surface area contributed by atoms with E-state index >= 15 is 0 Å². The highest BCUT2D eigenvalue weighted by Crippen LogP contribution is 2.20. The number of benzene rings is 2. The highest BCUT2D eigenvalue weighted by atomic mass is 35.5. The second kappa shape index (κ2) is 7.59. The highest BCUT2D eigenvalue weighted by molar-refractivity contribution is 6.29. The average molecular weight is 353 g/mol. The van der Waals surface area contributed by atoms with Gasteiger partial charge < -0.3 is 9.84 Å². The van der Waals surface area contributed by atoms with Gasteiger partial charge in [0.25, 0.3) is 0 Å². The summed E-state index contributed by atoms with van der Waals surface area (Å²) in [6.07, 6.45) is 3.19. The second-order valence-electron chi connectivity index (χ2n) is 5.11. The summed E-state index contributed by atoms with van der Waals surface area (Å²) in [6, 6.07) is 16.5. The van der Waals surface area contributed by atoms with Crippen molar-refractivity contribution in [3.05, 3.63) is 83.0 Å². The van der Waals surface area contributed by atoms with E-state index in [1.54, 1.807) is 42.5 Å². The molecule has 0 aliphatic rings. The van der Waals surface area contributed by atoms with Crippen molar-refractivity contribution < 1.29 is 14.6 Å². The lowest BCUT2D eigenvalue weighted by atomic mass is 10.1. The molecule has 124 valence electrons. The predicted molar refractivity (Wildman–Crippen MR) is 95.0 cm³/mol. The Morgan fingerprint density at radius 3 is 2.32 bits per heavy atom. The van der Waals surface area contributed by atoms with Crippen LogP contribution in [-0.2, 0) is 0 Å². The van der Waals surface area contributed by atoms with Crippen LogP contribution in [0.1, 0.15) is 15.9 Å². The number of rotatable bonds is 5. The van der Waals surface area contributed by atoms with Crippen molar-refractivity contribution in [1.82, 2.24) is 10.2 Å². The first-order valence-corrected chi connectivity index (χ1v) is 7.76. The highest BCUT2D eigenvalue weighted by Gasteiger charge is 2.02. The van der Waals surface area contributed by atoms with Gasteiger partial charge in [-0.15, -0.1) is 10.2 Å². The minimum Gasteiger partial charge on any atom is -0.508 e. The lowest BCUT2D eigenvalue weighted by Gasteiger charge is -2.04. The van der Waals surface area contributed by atoms with E-state index < -0.39 is 0 Å². The molecule has 1 N–H and O–H groups in total. The molecule has 0 spiro atoms. The first-order chi connectivity index (χ1) is 12.1. The molecule has 0 saturated heterocycles. The van der Waals surface area contributed by atoms with Crippen molar-refractivity contribution >= 4 is 23.5 Å². The third-order valence-corrected chi connectivity index (χ3v) is 3.49. The van der Waals surface area contributed by atoms with Crippen LogP contribution < -0.4 is 4.74 Å². The number of phenols is 1. The van der Waals surface area contributed by atoms with Crippen LogP contribution in [0, 0.1) is 0 Å². The molecule has 0 aliphatic carbocycles. The molecule has 0 bridgehead atoms. The number of aromatic nitrogens is 2. The van der Waals surface area contributed by atoms with Gasteiger partial charge in [-0.2, -0.15) is 0 Å². The number of carbonyl (C=O) groups is 1. The van der Waals surface area contributed by atoms with Crippen LogP contribution in [0.2, 0.25) is 5.15 Å². The van der Waals surface area contributed by atoms with Gasteiger partial charge in [-0.05, 0) is 54.1 Å². The first kappa shape index (κ1) is 16.7. The van der Waals surface area contributed by atoms with E-state index in [0.29, 0.717) is 22.3 Å². The summed E-state index contributed by atoms with van der Waals surface area (Å²) in [5, 5.41) is 17.0. The molecule has 3 aromatic rings. The summed E-state index contributed by atoms with van der Waals surface area (Å²) < 4.78 is 5.55. The Balaban J connectivity index is 1.64. The van der Waals surface area contributed by atoms with Crippen molar-refractivity contribution in [1.29, 1.82) is 0 Å². The fourth-order valence-electron chi connectivity index (χ4n) is 2.02. The maximum absolute atomic E-state index is 12.0. The molecule has 1 heterocycles. The van der Waals surface area contributed by atoms with Crippen molar-refractivity contribution in [3.63, 3.8) is 0 Å². The Bertz CT molecular complexity index is 889. The number of aromatic hydroxyl groups is 1. The van der Waals surface area contributed by atoms with Gasteiger partial charge in [0.2, 0.25) is 5.88 Å². The van der Waals surface area contributed by atoms with Gasteiger partial charge in [-0.25, -0.2) is 0 Å². The monoisotopic (exact) mass is 352 g/mol. The zero-order valence-electron chi connectivity index (χ0n) is 13.0. The van der Waals surface area contributed by atoms with Gasteiger partial charge in [0.1, 0.15) is 11.5 Å². The fourth-order valence-corrected chi connectivity index (χ4v) is 2.12. The number of hydrogen-bond donors (Lipinski definition) is 1. The van der Waals surface area contributed by atoms with Gasteiger partial charge in [0, 0.05) is 11.6 Å². The molecule has 3 rings (SSSR count).